The molecule has 0 aliphatic carbocycles. The first-order valence-electron chi connectivity index (χ1n) is 8.41. The zero-order valence-electron chi connectivity index (χ0n) is 13.4. The van der Waals surface area contributed by atoms with Gasteiger partial charge in [-0.25, -0.2) is 4.98 Å². The Morgan fingerprint density at radius 1 is 1.38 bits per heavy atom. The molecular weight excluding hydrogens is 324 g/mol. The Labute approximate surface area is 145 Å². The number of ether oxygens (including phenoxy) is 2. The van der Waals surface area contributed by atoms with Crippen LogP contribution in [-0.2, 0) is 16.0 Å². The van der Waals surface area contributed by atoms with Crippen LogP contribution in [0, 0.1) is 0 Å². The summed E-state index contributed by atoms with van der Waals surface area (Å²) in [7, 11) is 0. The molecule has 2 aliphatic rings. The standard InChI is InChI=1S/C18H20N2O3S/c21-17(6-4-14-2-1-8-22-14)20-18-19-15(11-24-18)12-3-5-16-13(10-12)7-9-23-16/h3,5,10-11,14H,1-2,4,6-9H2,(H,19,20,21). The van der Waals surface area contributed by atoms with Crippen LogP contribution in [0.2, 0.25) is 0 Å². The molecule has 1 atom stereocenters. The van der Waals surface area contributed by atoms with Crippen LogP contribution in [0.4, 0.5) is 5.13 Å². The van der Waals surface area contributed by atoms with E-state index in [1.807, 2.05) is 17.5 Å². The molecule has 1 fully saturated rings. The maximum Gasteiger partial charge on any atom is 0.226 e. The third-order valence-electron chi connectivity index (χ3n) is 4.45. The van der Waals surface area contributed by atoms with E-state index < -0.39 is 0 Å². The Morgan fingerprint density at radius 2 is 2.33 bits per heavy atom. The van der Waals surface area contributed by atoms with E-state index in [2.05, 4.69) is 16.4 Å². The number of fused-ring (bicyclic) bond motifs is 1. The smallest absolute Gasteiger partial charge is 0.226 e. The van der Waals surface area contributed by atoms with Crippen molar-refractivity contribution in [2.45, 2.75) is 38.2 Å². The molecular formula is C18H20N2O3S. The third-order valence-corrected chi connectivity index (χ3v) is 5.21. The number of carbonyl (C=O) groups is 1. The molecule has 1 N–H and O–H groups in total. The fourth-order valence-corrected chi connectivity index (χ4v) is 3.89. The molecule has 1 aromatic heterocycles. The van der Waals surface area contributed by atoms with Crippen molar-refractivity contribution in [1.29, 1.82) is 0 Å². The fourth-order valence-electron chi connectivity index (χ4n) is 3.16. The molecule has 0 saturated carbocycles. The Bertz CT molecular complexity index is 738. The summed E-state index contributed by atoms with van der Waals surface area (Å²) in [5, 5.41) is 5.53. The summed E-state index contributed by atoms with van der Waals surface area (Å²) in [5.41, 5.74) is 3.18. The molecule has 1 unspecified atom stereocenters. The number of hydrogen-bond acceptors (Lipinski definition) is 5. The van der Waals surface area contributed by atoms with Gasteiger partial charge in [0.05, 0.1) is 18.4 Å². The monoisotopic (exact) mass is 344 g/mol. The topological polar surface area (TPSA) is 60.5 Å². The number of nitrogens with one attached hydrogen (secondary N) is 1. The largest absolute Gasteiger partial charge is 0.493 e. The van der Waals surface area contributed by atoms with E-state index >= 15 is 0 Å². The summed E-state index contributed by atoms with van der Waals surface area (Å²) in [6.07, 6.45) is 4.63. The van der Waals surface area contributed by atoms with Crippen molar-refractivity contribution < 1.29 is 14.3 Å². The fraction of sp³-hybridized carbons (Fsp3) is 0.444. The van der Waals surface area contributed by atoms with Crippen LogP contribution in [0.15, 0.2) is 23.6 Å². The number of carbonyl (C=O) groups excluding carboxylic acids is 1. The quantitative estimate of drug-likeness (QED) is 0.899. The summed E-state index contributed by atoms with van der Waals surface area (Å²) in [6.45, 7) is 1.58. The van der Waals surface area contributed by atoms with Gasteiger partial charge < -0.3 is 14.8 Å². The highest BCUT2D eigenvalue weighted by Crippen LogP contribution is 2.32. The van der Waals surface area contributed by atoms with Gasteiger partial charge in [-0.3, -0.25) is 4.79 Å². The van der Waals surface area contributed by atoms with E-state index in [-0.39, 0.29) is 12.0 Å². The second-order valence-corrected chi connectivity index (χ2v) is 7.04. The molecule has 1 saturated heterocycles. The van der Waals surface area contributed by atoms with Crippen LogP contribution in [0.1, 0.15) is 31.2 Å². The van der Waals surface area contributed by atoms with E-state index in [4.69, 9.17) is 9.47 Å². The second-order valence-electron chi connectivity index (χ2n) is 6.18. The molecule has 6 heteroatoms. The van der Waals surface area contributed by atoms with Crippen molar-refractivity contribution in [3.05, 3.63) is 29.1 Å². The van der Waals surface area contributed by atoms with E-state index in [9.17, 15) is 4.79 Å². The van der Waals surface area contributed by atoms with Gasteiger partial charge in [-0.1, -0.05) is 0 Å². The zero-order valence-corrected chi connectivity index (χ0v) is 14.2. The molecule has 2 aromatic rings. The van der Waals surface area contributed by atoms with Gasteiger partial charge in [0.2, 0.25) is 5.91 Å². The number of rotatable bonds is 5. The van der Waals surface area contributed by atoms with Gasteiger partial charge in [0, 0.05) is 30.4 Å². The lowest BCUT2D eigenvalue weighted by molar-refractivity contribution is -0.116. The van der Waals surface area contributed by atoms with Gasteiger partial charge in [0.1, 0.15) is 5.75 Å². The SMILES string of the molecule is O=C(CCC1CCCO1)Nc1nc(-c2ccc3c(c2)CCO3)cs1. The van der Waals surface area contributed by atoms with Crippen molar-refractivity contribution in [2.75, 3.05) is 18.5 Å². The molecule has 126 valence electrons. The van der Waals surface area contributed by atoms with E-state index in [1.165, 1.54) is 16.9 Å². The van der Waals surface area contributed by atoms with Gasteiger partial charge in [-0.2, -0.15) is 0 Å². The summed E-state index contributed by atoms with van der Waals surface area (Å²) in [5.74, 6) is 0.977. The molecule has 4 rings (SSSR count). The van der Waals surface area contributed by atoms with Crippen molar-refractivity contribution in [1.82, 2.24) is 4.98 Å². The first-order valence-corrected chi connectivity index (χ1v) is 9.29. The molecule has 3 heterocycles. The number of anilines is 1. The maximum atomic E-state index is 12.1. The lowest BCUT2D eigenvalue weighted by atomic mass is 10.1. The molecule has 24 heavy (non-hydrogen) atoms. The predicted octanol–water partition coefficient (Wildman–Crippen LogP) is 3.64. The van der Waals surface area contributed by atoms with E-state index in [1.54, 1.807) is 0 Å². The molecule has 0 radical (unpaired) electrons. The molecule has 0 spiro atoms. The number of hydrogen-bond donors (Lipinski definition) is 1. The van der Waals surface area contributed by atoms with Gasteiger partial charge >= 0.3 is 0 Å². The summed E-state index contributed by atoms with van der Waals surface area (Å²) in [6, 6.07) is 6.14. The minimum Gasteiger partial charge on any atom is -0.493 e. The predicted molar refractivity (Wildman–Crippen MR) is 93.6 cm³/mol. The highest BCUT2D eigenvalue weighted by atomic mass is 32.1. The minimum absolute atomic E-state index is 0.00810. The number of aromatic nitrogens is 1. The van der Waals surface area contributed by atoms with Crippen molar-refractivity contribution >= 4 is 22.4 Å². The van der Waals surface area contributed by atoms with Gasteiger partial charge in [0.15, 0.2) is 5.13 Å². The van der Waals surface area contributed by atoms with Crippen molar-refractivity contribution in [3.63, 3.8) is 0 Å². The second kappa shape index (κ2) is 6.91. The number of amides is 1. The van der Waals surface area contributed by atoms with Gasteiger partial charge in [-0.15, -0.1) is 11.3 Å². The Balaban J connectivity index is 1.36. The number of thiazole rings is 1. The van der Waals surface area contributed by atoms with E-state index in [0.29, 0.717) is 11.6 Å². The molecule has 1 aromatic carbocycles. The average molecular weight is 344 g/mol. The number of nitrogens with zero attached hydrogens (tertiary/aromatic N) is 1. The molecule has 2 aliphatic heterocycles. The van der Waals surface area contributed by atoms with E-state index in [0.717, 1.165) is 55.9 Å². The summed E-state index contributed by atoms with van der Waals surface area (Å²) < 4.78 is 11.1. The first-order chi connectivity index (χ1) is 11.8. The van der Waals surface area contributed by atoms with Crippen LogP contribution < -0.4 is 10.1 Å². The highest BCUT2D eigenvalue weighted by Gasteiger charge is 2.18. The van der Waals surface area contributed by atoms with Gasteiger partial charge in [0.25, 0.3) is 0 Å². The van der Waals surface area contributed by atoms with Crippen LogP contribution >= 0.6 is 11.3 Å². The summed E-state index contributed by atoms with van der Waals surface area (Å²) >= 11 is 1.46. The zero-order chi connectivity index (χ0) is 16.4. The maximum absolute atomic E-state index is 12.1. The average Bonchev–Trinajstić information content (AvgIpc) is 3.33. The molecule has 0 bridgehead atoms. The van der Waals surface area contributed by atoms with Crippen molar-refractivity contribution in [2.24, 2.45) is 0 Å². The lowest BCUT2D eigenvalue weighted by Crippen LogP contribution is -2.15. The molecule has 5 nitrogen and oxygen atoms in total. The summed E-state index contributed by atoms with van der Waals surface area (Å²) in [4.78, 5) is 16.6. The van der Waals surface area contributed by atoms with Crippen LogP contribution in [0.25, 0.3) is 11.3 Å². The highest BCUT2D eigenvalue weighted by molar-refractivity contribution is 7.14. The normalized spacial score (nSPS) is 19.1. The molecule has 1 amide bonds. The van der Waals surface area contributed by atoms with Crippen LogP contribution in [0.3, 0.4) is 0 Å². The lowest BCUT2D eigenvalue weighted by Gasteiger charge is -2.08. The van der Waals surface area contributed by atoms with Gasteiger partial charge in [-0.05, 0) is 43.0 Å². The Hall–Kier alpha value is -1.92. The minimum atomic E-state index is 0.00810. The first kappa shape index (κ1) is 15.6. The third kappa shape index (κ3) is 3.44. The van der Waals surface area contributed by atoms with Crippen molar-refractivity contribution in [3.8, 4) is 17.0 Å². The Morgan fingerprint density at radius 3 is 3.21 bits per heavy atom. The Kier molecular flexibility index (Phi) is 4.49. The van der Waals surface area contributed by atoms with Crippen LogP contribution in [-0.4, -0.2) is 30.2 Å². The number of benzene rings is 1. The van der Waals surface area contributed by atoms with Crippen LogP contribution in [0.5, 0.6) is 5.75 Å².